The summed E-state index contributed by atoms with van der Waals surface area (Å²) in [6.07, 6.45) is 2.05. The van der Waals surface area contributed by atoms with Gasteiger partial charge in [0.25, 0.3) is 5.69 Å². The zero-order valence-corrected chi connectivity index (χ0v) is 14.6. The van der Waals surface area contributed by atoms with Crippen molar-refractivity contribution in [2.24, 2.45) is 17.6 Å². The number of fused-ring (bicyclic) bond motifs is 1. The van der Waals surface area contributed by atoms with E-state index in [0.717, 1.165) is 29.8 Å². The standard InChI is InChI=1S/C15H22N4O4S/c1-17(2)24(22,23)11-4-6-14(15(7-11)19(20)21)18-8-10-3-5-13(16)12(10)9-18/h4,6-7,10,12-13H,3,5,8-9,16H2,1-2H3. The summed E-state index contributed by atoms with van der Waals surface area (Å²) in [5.41, 5.74) is 6.42. The average Bonchev–Trinajstić information content (AvgIpc) is 3.09. The smallest absolute Gasteiger partial charge is 0.293 e. The zero-order chi connectivity index (χ0) is 17.6. The van der Waals surface area contributed by atoms with Gasteiger partial charge in [-0.1, -0.05) is 0 Å². The lowest BCUT2D eigenvalue weighted by molar-refractivity contribution is -0.384. The fourth-order valence-corrected chi connectivity index (χ4v) is 4.71. The first-order chi connectivity index (χ1) is 11.2. The number of nitro groups is 1. The minimum absolute atomic E-state index is 0.0703. The Bertz CT molecular complexity index is 765. The van der Waals surface area contributed by atoms with Crippen LogP contribution in [0.3, 0.4) is 0 Å². The second-order valence-electron chi connectivity index (χ2n) is 6.77. The molecule has 2 fully saturated rings. The Morgan fingerprint density at radius 1 is 1.29 bits per heavy atom. The Kier molecular flexibility index (Phi) is 4.27. The van der Waals surface area contributed by atoms with Gasteiger partial charge in [0.1, 0.15) is 5.69 Å². The molecule has 8 nitrogen and oxygen atoms in total. The van der Waals surface area contributed by atoms with Crippen LogP contribution in [-0.4, -0.2) is 50.9 Å². The van der Waals surface area contributed by atoms with Crippen LogP contribution >= 0.6 is 0 Å². The molecule has 1 aromatic carbocycles. The molecule has 0 radical (unpaired) electrons. The summed E-state index contributed by atoms with van der Waals surface area (Å²) in [6, 6.07) is 4.28. The first kappa shape index (κ1) is 17.1. The van der Waals surface area contributed by atoms with E-state index in [1.165, 1.54) is 20.2 Å². The first-order valence-electron chi connectivity index (χ1n) is 7.93. The lowest BCUT2D eigenvalue weighted by Gasteiger charge is -2.21. The molecule has 1 saturated carbocycles. The summed E-state index contributed by atoms with van der Waals surface area (Å²) < 4.78 is 25.5. The van der Waals surface area contributed by atoms with E-state index in [9.17, 15) is 18.5 Å². The highest BCUT2D eigenvalue weighted by molar-refractivity contribution is 7.89. The summed E-state index contributed by atoms with van der Waals surface area (Å²) in [5, 5.41) is 11.5. The number of sulfonamides is 1. The number of rotatable bonds is 4. The average molecular weight is 354 g/mol. The molecule has 1 saturated heterocycles. The van der Waals surface area contributed by atoms with Crippen molar-refractivity contribution >= 4 is 21.4 Å². The summed E-state index contributed by atoms with van der Waals surface area (Å²) in [6.45, 7) is 1.42. The Morgan fingerprint density at radius 3 is 2.58 bits per heavy atom. The molecular weight excluding hydrogens is 332 g/mol. The highest BCUT2D eigenvalue weighted by atomic mass is 32.2. The van der Waals surface area contributed by atoms with Crippen molar-refractivity contribution in [3.8, 4) is 0 Å². The fourth-order valence-electron chi connectivity index (χ4n) is 3.79. The number of hydrogen-bond donors (Lipinski definition) is 1. The molecule has 2 aliphatic rings. The number of hydrogen-bond acceptors (Lipinski definition) is 6. The van der Waals surface area contributed by atoms with Gasteiger partial charge in [0.15, 0.2) is 0 Å². The van der Waals surface area contributed by atoms with Gasteiger partial charge < -0.3 is 10.6 Å². The third-order valence-electron chi connectivity index (χ3n) is 5.18. The molecule has 0 bridgehead atoms. The van der Waals surface area contributed by atoms with E-state index in [1.54, 1.807) is 6.07 Å². The fraction of sp³-hybridized carbons (Fsp3) is 0.600. The van der Waals surface area contributed by atoms with Crippen molar-refractivity contribution in [2.45, 2.75) is 23.8 Å². The van der Waals surface area contributed by atoms with Crippen LogP contribution in [0.25, 0.3) is 0 Å². The molecule has 24 heavy (non-hydrogen) atoms. The first-order valence-corrected chi connectivity index (χ1v) is 9.37. The second kappa shape index (κ2) is 5.98. The van der Waals surface area contributed by atoms with Crippen LogP contribution in [-0.2, 0) is 10.0 Å². The van der Waals surface area contributed by atoms with E-state index in [4.69, 9.17) is 5.73 Å². The number of nitro benzene ring substituents is 1. The summed E-state index contributed by atoms with van der Waals surface area (Å²) >= 11 is 0. The minimum atomic E-state index is -3.71. The third-order valence-corrected chi connectivity index (χ3v) is 6.99. The topological polar surface area (TPSA) is 110 Å². The molecule has 0 amide bonds. The molecule has 1 aliphatic heterocycles. The summed E-state index contributed by atoms with van der Waals surface area (Å²) in [7, 11) is -0.905. The van der Waals surface area contributed by atoms with E-state index in [-0.39, 0.29) is 16.6 Å². The van der Waals surface area contributed by atoms with E-state index >= 15 is 0 Å². The van der Waals surface area contributed by atoms with Gasteiger partial charge in [0.2, 0.25) is 10.0 Å². The van der Waals surface area contributed by atoms with E-state index in [0.29, 0.717) is 24.1 Å². The SMILES string of the molecule is CN(C)S(=O)(=O)c1ccc(N2CC3CCC(N)C3C2)c([N+](=O)[O-])c1. The summed E-state index contributed by atoms with van der Waals surface area (Å²) in [4.78, 5) is 12.9. The van der Waals surface area contributed by atoms with Crippen LogP contribution < -0.4 is 10.6 Å². The quantitative estimate of drug-likeness (QED) is 0.638. The van der Waals surface area contributed by atoms with Gasteiger partial charge in [-0.25, -0.2) is 12.7 Å². The number of anilines is 1. The van der Waals surface area contributed by atoms with Gasteiger partial charge in [-0.15, -0.1) is 0 Å². The molecule has 9 heteroatoms. The Balaban J connectivity index is 1.96. The molecule has 0 spiro atoms. The lowest BCUT2D eigenvalue weighted by Crippen LogP contribution is -2.30. The van der Waals surface area contributed by atoms with Crippen LogP contribution in [0.15, 0.2) is 23.1 Å². The molecule has 2 N–H and O–H groups in total. The highest BCUT2D eigenvalue weighted by Gasteiger charge is 2.42. The van der Waals surface area contributed by atoms with Gasteiger partial charge >= 0.3 is 0 Å². The summed E-state index contributed by atoms with van der Waals surface area (Å²) in [5.74, 6) is 0.819. The van der Waals surface area contributed by atoms with Crippen LogP contribution in [0, 0.1) is 22.0 Å². The second-order valence-corrected chi connectivity index (χ2v) is 8.92. The van der Waals surface area contributed by atoms with Crippen LogP contribution in [0.1, 0.15) is 12.8 Å². The largest absolute Gasteiger partial charge is 0.365 e. The Hall–Kier alpha value is -1.71. The molecule has 1 heterocycles. The molecule has 3 atom stereocenters. The minimum Gasteiger partial charge on any atom is -0.365 e. The maximum atomic E-state index is 12.2. The van der Waals surface area contributed by atoms with Crippen LogP contribution in [0.5, 0.6) is 0 Å². The number of nitrogens with two attached hydrogens (primary N) is 1. The van der Waals surface area contributed by atoms with Gasteiger partial charge in [-0.2, -0.15) is 0 Å². The van der Waals surface area contributed by atoms with Crippen molar-refractivity contribution in [1.29, 1.82) is 0 Å². The lowest BCUT2D eigenvalue weighted by atomic mass is 9.98. The van der Waals surface area contributed by atoms with E-state index < -0.39 is 14.9 Å². The van der Waals surface area contributed by atoms with Gasteiger partial charge in [-0.05, 0) is 36.8 Å². The van der Waals surface area contributed by atoms with E-state index in [2.05, 4.69) is 0 Å². The molecule has 3 rings (SSSR count). The number of benzene rings is 1. The van der Waals surface area contributed by atoms with Crippen molar-refractivity contribution < 1.29 is 13.3 Å². The maximum absolute atomic E-state index is 12.2. The predicted molar refractivity (Wildman–Crippen MR) is 90.4 cm³/mol. The Morgan fingerprint density at radius 2 is 2.00 bits per heavy atom. The monoisotopic (exact) mass is 354 g/mol. The predicted octanol–water partition coefficient (Wildman–Crippen LogP) is 1.02. The molecule has 3 unspecified atom stereocenters. The molecule has 132 valence electrons. The van der Waals surface area contributed by atoms with Gasteiger partial charge in [-0.3, -0.25) is 10.1 Å². The Labute approximate surface area is 141 Å². The molecule has 0 aromatic heterocycles. The van der Waals surface area contributed by atoms with Crippen LogP contribution in [0.2, 0.25) is 0 Å². The van der Waals surface area contributed by atoms with Crippen molar-refractivity contribution in [3.63, 3.8) is 0 Å². The normalized spacial score (nSPS) is 26.8. The molecule has 1 aromatic rings. The van der Waals surface area contributed by atoms with Crippen molar-refractivity contribution in [3.05, 3.63) is 28.3 Å². The third kappa shape index (κ3) is 2.76. The van der Waals surface area contributed by atoms with Gasteiger partial charge in [0, 0.05) is 39.3 Å². The molecule has 1 aliphatic carbocycles. The highest BCUT2D eigenvalue weighted by Crippen LogP contribution is 2.42. The zero-order valence-electron chi connectivity index (χ0n) is 13.8. The van der Waals surface area contributed by atoms with Gasteiger partial charge in [0.05, 0.1) is 9.82 Å². The van der Waals surface area contributed by atoms with E-state index in [1.807, 2.05) is 4.90 Å². The van der Waals surface area contributed by atoms with Crippen molar-refractivity contribution in [1.82, 2.24) is 4.31 Å². The molecular formula is C15H22N4O4S. The number of nitrogens with zero attached hydrogens (tertiary/aromatic N) is 3. The van der Waals surface area contributed by atoms with Crippen LogP contribution in [0.4, 0.5) is 11.4 Å². The van der Waals surface area contributed by atoms with Crippen molar-refractivity contribution in [2.75, 3.05) is 32.1 Å². The maximum Gasteiger partial charge on any atom is 0.293 e.